The second-order valence-corrected chi connectivity index (χ2v) is 8.11. The second kappa shape index (κ2) is 7.35. The number of aromatic nitrogens is 6. The number of hydrogen-bond donors (Lipinski definition) is 0. The highest BCUT2D eigenvalue weighted by atomic mass is 15.2. The molecule has 0 radical (unpaired) electrons. The molecule has 3 aromatic carbocycles. The van der Waals surface area contributed by atoms with E-state index in [4.69, 9.17) is 15.0 Å². The molecule has 34 heavy (non-hydrogen) atoms. The summed E-state index contributed by atoms with van der Waals surface area (Å²) in [6.07, 6.45) is 5.47. The summed E-state index contributed by atoms with van der Waals surface area (Å²) < 4.78 is 4.15. The van der Waals surface area contributed by atoms with E-state index < -0.39 is 0 Å². The number of nitrogens with zero attached hydrogens (tertiary/aromatic N) is 6. The van der Waals surface area contributed by atoms with Gasteiger partial charge in [0.2, 0.25) is 5.95 Å². The molecule has 0 saturated heterocycles. The zero-order chi connectivity index (χ0) is 22.5. The summed E-state index contributed by atoms with van der Waals surface area (Å²) in [5.41, 5.74) is 7.43. The zero-order valence-corrected chi connectivity index (χ0v) is 18.1. The maximum atomic E-state index is 5.05. The van der Waals surface area contributed by atoms with Crippen molar-refractivity contribution < 1.29 is 0 Å². The van der Waals surface area contributed by atoms with Crippen LogP contribution in [0.25, 0.3) is 56.2 Å². The molecule has 0 fully saturated rings. The van der Waals surface area contributed by atoms with Crippen LogP contribution < -0.4 is 0 Å². The van der Waals surface area contributed by atoms with Crippen molar-refractivity contribution in [2.45, 2.75) is 0 Å². The molecule has 0 amide bonds. The lowest BCUT2D eigenvalue weighted by Gasteiger charge is -2.11. The van der Waals surface area contributed by atoms with Gasteiger partial charge in [0.25, 0.3) is 0 Å². The summed E-state index contributed by atoms with van der Waals surface area (Å²) >= 11 is 0. The van der Waals surface area contributed by atoms with Crippen molar-refractivity contribution in [2.24, 2.45) is 0 Å². The first kappa shape index (κ1) is 18.7. The van der Waals surface area contributed by atoms with Crippen molar-refractivity contribution in [1.29, 1.82) is 0 Å². The molecule has 7 aromatic rings. The van der Waals surface area contributed by atoms with Crippen LogP contribution in [-0.2, 0) is 0 Å². The molecule has 0 spiro atoms. The van der Waals surface area contributed by atoms with Gasteiger partial charge in [-0.3, -0.25) is 14.0 Å². The maximum Gasteiger partial charge on any atom is 0.237 e. The van der Waals surface area contributed by atoms with Crippen molar-refractivity contribution in [3.05, 3.63) is 110 Å². The number of para-hydroxylation sites is 1. The molecule has 0 bridgehead atoms. The molecule has 0 atom stereocenters. The lowest BCUT2D eigenvalue weighted by Crippen LogP contribution is -2.05. The van der Waals surface area contributed by atoms with Gasteiger partial charge >= 0.3 is 0 Å². The van der Waals surface area contributed by atoms with Gasteiger partial charge in [-0.05, 0) is 12.1 Å². The van der Waals surface area contributed by atoms with Crippen LogP contribution >= 0.6 is 0 Å². The summed E-state index contributed by atoms with van der Waals surface area (Å²) in [5.74, 6) is 0.602. The standard InChI is InChI=1S/C28H18N6/c1-3-9-19(10-4-1)22-17-23(20-11-5-2-6-12-20)31-28(30-22)34-24-14-8-7-13-21(24)26-27(34)33-16-15-29-18-25(33)32-26/h1-18H. The van der Waals surface area contributed by atoms with E-state index in [0.717, 1.165) is 50.2 Å². The minimum Gasteiger partial charge on any atom is -0.282 e. The van der Waals surface area contributed by atoms with E-state index in [0.29, 0.717) is 5.95 Å². The average Bonchev–Trinajstić information content (AvgIpc) is 3.44. The predicted molar refractivity (Wildman–Crippen MR) is 134 cm³/mol. The molecule has 4 aromatic heterocycles. The van der Waals surface area contributed by atoms with Crippen LogP contribution in [0.4, 0.5) is 0 Å². The van der Waals surface area contributed by atoms with Crippen LogP contribution in [0.5, 0.6) is 0 Å². The van der Waals surface area contributed by atoms with E-state index >= 15 is 0 Å². The third-order valence-electron chi connectivity index (χ3n) is 6.07. The lowest BCUT2D eigenvalue weighted by molar-refractivity contribution is 0.969. The fourth-order valence-electron chi connectivity index (χ4n) is 4.52. The number of fused-ring (bicyclic) bond motifs is 5. The zero-order valence-electron chi connectivity index (χ0n) is 18.1. The lowest BCUT2D eigenvalue weighted by atomic mass is 10.1. The Labute approximate surface area is 194 Å². The molecule has 4 heterocycles. The molecule has 7 rings (SSSR count). The van der Waals surface area contributed by atoms with E-state index in [1.54, 1.807) is 12.4 Å². The van der Waals surface area contributed by atoms with E-state index in [-0.39, 0.29) is 0 Å². The SMILES string of the molecule is c1ccc(-c2cc(-c3ccccc3)nc(-n3c4ccccc4c4nc5cnccn5c43)n2)cc1. The number of imidazole rings is 1. The minimum atomic E-state index is 0.602. The average molecular weight is 438 g/mol. The summed E-state index contributed by atoms with van der Waals surface area (Å²) in [6, 6.07) is 30.7. The Morgan fingerprint density at radius 1 is 0.647 bits per heavy atom. The van der Waals surface area contributed by atoms with Crippen molar-refractivity contribution in [1.82, 2.24) is 28.9 Å². The fraction of sp³-hybridized carbons (Fsp3) is 0. The van der Waals surface area contributed by atoms with Gasteiger partial charge in [0.15, 0.2) is 11.3 Å². The predicted octanol–water partition coefficient (Wildman–Crippen LogP) is 5.95. The fourth-order valence-corrected chi connectivity index (χ4v) is 4.52. The van der Waals surface area contributed by atoms with Gasteiger partial charge in [0.05, 0.1) is 23.1 Å². The van der Waals surface area contributed by atoms with E-state index in [1.165, 1.54) is 0 Å². The van der Waals surface area contributed by atoms with Crippen LogP contribution in [-0.4, -0.2) is 28.9 Å². The quantitative estimate of drug-likeness (QED) is 0.342. The molecule has 160 valence electrons. The number of benzene rings is 3. The van der Waals surface area contributed by atoms with Gasteiger partial charge in [-0.1, -0.05) is 78.9 Å². The van der Waals surface area contributed by atoms with Gasteiger partial charge in [0, 0.05) is 28.9 Å². The first-order valence-corrected chi connectivity index (χ1v) is 11.1. The molecule has 6 nitrogen and oxygen atoms in total. The molecular weight excluding hydrogens is 420 g/mol. The second-order valence-electron chi connectivity index (χ2n) is 8.11. The third-order valence-corrected chi connectivity index (χ3v) is 6.07. The highest BCUT2D eigenvalue weighted by Gasteiger charge is 2.20. The van der Waals surface area contributed by atoms with E-state index in [1.807, 2.05) is 59.1 Å². The van der Waals surface area contributed by atoms with Crippen LogP contribution in [0.3, 0.4) is 0 Å². The summed E-state index contributed by atoms with van der Waals surface area (Å²) in [5, 5.41) is 1.05. The highest BCUT2D eigenvalue weighted by molar-refractivity contribution is 6.07. The number of hydrogen-bond acceptors (Lipinski definition) is 4. The van der Waals surface area contributed by atoms with E-state index in [9.17, 15) is 0 Å². The van der Waals surface area contributed by atoms with Crippen molar-refractivity contribution in [2.75, 3.05) is 0 Å². The third kappa shape index (κ3) is 2.82. The molecule has 6 heteroatoms. The Morgan fingerprint density at radius 2 is 1.29 bits per heavy atom. The van der Waals surface area contributed by atoms with Crippen LogP contribution in [0.15, 0.2) is 110 Å². The Hall–Kier alpha value is -4.84. The van der Waals surface area contributed by atoms with Crippen LogP contribution in [0.1, 0.15) is 0 Å². The van der Waals surface area contributed by atoms with Crippen LogP contribution in [0, 0.1) is 0 Å². The molecular formula is C28H18N6. The Balaban J connectivity index is 1.61. The van der Waals surface area contributed by atoms with Crippen molar-refractivity contribution in [3.8, 4) is 28.5 Å². The molecule has 0 saturated carbocycles. The Kier molecular flexibility index (Phi) is 4.04. The molecule has 0 aliphatic rings. The summed E-state index contributed by atoms with van der Waals surface area (Å²) in [4.78, 5) is 19.2. The first-order valence-electron chi connectivity index (χ1n) is 11.1. The molecule has 0 aliphatic heterocycles. The Morgan fingerprint density at radius 3 is 2.00 bits per heavy atom. The van der Waals surface area contributed by atoms with Crippen LogP contribution in [0.2, 0.25) is 0 Å². The Bertz CT molecular complexity index is 1740. The molecule has 0 unspecified atom stereocenters. The van der Waals surface area contributed by atoms with Gasteiger partial charge in [0.1, 0.15) is 5.52 Å². The highest BCUT2D eigenvalue weighted by Crippen LogP contribution is 2.33. The summed E-state index contributed by atoms with van der Waals surface area (Å²) in [7, 11) is 0. The van der Waals surface area contributed by atoms with Crippen molar-refractivity contribution >= 4 is 27.7 Å². The molecule has 0 N–H and O–H groups in total. The normalized spacial score (nSPS) is 11.5. The topological polar surface area (TPSA) is 60.9 Å². The van der Waals surface area contributed by atoms with E-state index in [2.05, 4.69) is 52.0 Å². The maximum absolute atomic E-state index is 5.05. The van der Waals surface area contributed by atoms with Gasteiger partial charge in [-0.25, -0.2) is 15.0 Å². The summed E-state index contributed by atoms with van der Waals surface area (Å²) in [6.45, 7) is 0. The minimum absolute atomic E-state index is 0.602. The smallest absolute Gasteiger partial charge is 0.237 e. The number of rotatable bonds is 3. The van der Waals surface area contributed by atoms with Gasteiger partial charge in [-0.15, -0.1) is 0 Å². The van der Waals surface area contributed by atoms with Gasteiger partial charge < -0.3 is 0 Å². The largest absolute Gasteiger partial charge is 0.282 e. The monoisotopic (exact) mass is 438 g/mol. The first-order chi connectivity index (χ1) is 16.9. The van der Waals surface area contributed by atoms with Crippen molar-refractivity contribution in [3.63, 3.8) is 0 Å². The van der Waals surface area contributed by atoms with Gasteiger partial charge in [-0.2, -0.15) is 0 Å². The molecule has 0 aliphatic carbocycles.